The minimum atomic E-state index is 0.599. The van der Waals surface area contributed by atoms with E-state index in [1.807, 2.05) is 0 Å². The van der Waals surface area contributed by atoms with Crippen LogP contribution in [0, 0.1) is 6.92 Å². The molecule has 0 unspecified atom stereocenters. The quantitative estimate of drug-likeness (QED) is 0.828. The molecule has 1 aromatic carbocycles. The van der Waals surface area contributed by atoms with Crippen LogP contribution in [0.2, 0.25) is 0 Å². The van der Waals surface area contributed by atoms with Crippen molar-refractivity contribution in [3.8, 4) is 0 Å². The smallest absolute Gasteiger partial charge is 0.143 e. The lowest BCUT2D eigenvalue weighted by Crippen LogP contribution is -2.16. The topological polar surface area (TPSA) is 57.9 Å². The van der Waals surface area contributed by atoms with Crippen LogP contribution in [0.3, 0.4) is 0 Å². The van der Waals surface area contributed by atoms with E-state index in [4.69, 9.17) is 5.73 Å². The molecule has 0 aliphatic rings. The number of aromatic nitrogens is 2. The maximum absolute atomic E-state index is 5.82. The van der Waals surface area contributed by atoms with E-state index in [9.17, 15) is 0 Å². The van der Waals surface area contributed by atoms with Crippen molar-refractivity contribution in [3.63, 3.8) is 0 Å². The van der Waals surface area contributed by atoms with Gasteiger partial charge >= 0.3 is 0 Å². The fourth-order valence-electron chi connectivity index (χ4n) is 1.72. The molecule has 0 aliphatic carbocycles. The third kappa shape index (κ3) is 1.86. The molecule has 1 aromatic heterocycles. The number of H-pyrrole nitrogens is 1. The standard InChI is InChI=1S/C12H16N4/c1-3-16(11-8-14-15-12(11)13)10-6-4-9(2)5-7-10/h4-8H,3H2,1-2H3,(H3,13,14,15). The van der Waals surface area contributed by atoms with E-state index in [0.29, 0.717) is 5.82 Å². The first-order valence-corrected chi connectivity index (χ1v) is 5.35. The Morgan fingerprint density at radius 2 is 2.00 bits per heavy atom. The predicted octanol–water partition coefficient (Wildman–Crippen LogP) is 2.46. The number of hydrogen-bond acceptors (Lipinski definition) is 3. The van der Waals surface area contributed by atoms with Crippen LogP contribution in [-0.4, -0.2) is 16.7 Å². The van der Waals surface area contributed by atoms with Crippen molar-refractivity contribution in [3.05, 3.63) is 36.0 Å². The maximum atomic E-state index is 5.82. The van der Waals surface area contributed by atoms with Gasteiger partial charge in [-0.05, 0) is 26.0 Å². The van der Waals surface area contributed by atoms with E-state index in [1.54, 1.807) is 6.20 Å². The van der Waals surface area contributed by atoms with Crippen molar-refractivity contribution < 1.29 is 0 Å². The minimum Gasteiger partial charge on any atom is -0.382 e. The normalized spacial score (nSPS) is 10.4. The molecule has 0 bridgehead atoms. The lowest BCUT2D eigenvalue weighted by molar-refractivity contribution is 1.03. The predicted molar refractivity (Wildman–Crippen MR) is 66.9 cm³/mol. The second kappa shape index (κ2) is 4.26. The molecule has 0 amide bonds. The third-order valence-electron chi connectivity index (χ3n) is 2.60. The molecular weight excluding hydrogens is 200 g/mol. The van der Waals surface area contributed by atoms with E-state index in [-0.39, 0.29) is 0 Å². The van der Waals surface area contributed by atoms with Crippen LogP contribution in [0.25, 0.3) is 0 Å². The highest BCUT2D eigenvalue weighted by Crippen LogP contribution is 2.28. The third-order valence-corrected chi connectivity index (χ3v) is 2.60. The van der Waals surface area contributed by atoms with Gasteiger partial charge in [0.15, 0.2) is 0 Å². The largest absolute Gasteiger partial charge is 0.382 e. The van der Waals surface area contributed by atoms with Crippen LogP contribution >= 0.6 is 0 Å². The zero-order chi connectivity index (χ0) is 11.5. The summed E-state index contributed by atoms with van der Waals surface area (Å²) < 4.78 is 0. The number of nitrogens with two attached hydrogens (primary N) is 1. The first kappa shape index (κ1) is 10.5. The molecule has 4 nitrogen and oxygen atoms in total. The molecule has 16 heavy (non-hydrogen) atoms. The van der Waals surface area contributed by atoms with Gasteiger partial charge in [0.25, 0.3) is 0 Å². The van der Waals surface area contributed by atoms with Crippen LogP contribution < -0.4 is 10.6 Å². The SMILES string of the molecule is CCN(c1ccc(C)cc1)c1cn[nH]c1N. The summed E-state index contributed by atoms with van der Waals surface area (Å²) in [6.45, 7) is 5.02. The highest BCUT2D eigenvalue weighted by atomic mass is 15.2. The van der Waals surface area contributed by atoms with Crippen LogP contribution in [0.5, 0.6) is 0 Å². The van der Waals surface area contributed by atoms with Gasteiger partial charge < -0.3 is 10.6 Å². The molecule has 4 heteroatoms. The van der Waals surface area contributed by atoms with E-state index in [0.717, 1.165) is 17.9 Å². The summed E-state index contributed by atoms with van der Waals surface area (Å²) in [5.74, 6) is 0.599. The van der Waals surface area contributed by atoms with Crippen molar-refractivity contribution in [1.29, 1.82) is 0 Å². The average molecular weight is 216 g/mol. The number of benzene rings is 1. The fraction of sp³-hybridized carbons (Fsp3) is 0.250. The van der Waals surface area contributed by atoms with Gasteiger partial charge in [0.05, 0.1) is 6.20 Å². The Kier molecular flexibility index (Phi) is 2.81. The number of nitrogen functional groups attached to an aromatic ring is 1. The van der Waals surface area contributed by atoms with Gasteiger partial charge in [0.1, 0.15) is 11.5 Å². The molecule has 0 radical (unpaired) electrons. The van der Waals surface area contributed by atoms with Gasteiger partial charge in [-0.3, -0.25) is 5.10 Å². The van der Waals surface area contributed by atoms with E-state index >= 15 is 0 Å². The first-order valence-electron chi connectivity index (χ1n) is 5.35. The highest BCUT2D eigenvalue weighted by molar-refractivity contribution is 5.71. The Morgan fingerprint density at radius 1 is 1.31 bits per heavy atom. The molecule has 0 spiro atoms. The Hall–Kier alpha value is -1.97. The summed E-state index contributed by atoms with van der Waals surface area (Å²) in [5.41, 5.74) is 9.12. The summed E-state index contributed by atoms with van der Waals surface area (Å²) in [6.07, 6.45) is 1.75. The molecule has 84 valence electrons. The monoisotopic (exact) mass is 216 g/mol. The summed E-state index contributed by atoms with van der Waals surface area (Å²) in [5, 5.41) is 6.69. The van der Waals surface area contributed by atoms with Gasteiger partial charge in [-0.1, -0.05) is 17.7 Å². The Balaban J connectivity index is 2.37. The van der Waals surface area contributed by atoms with Crippen molar-refractivity contribution in [1.82, 2.24) is 10.2 Å². The zero-order valence-corrected chi connectivity index (χ0v) is 9.57. The maximum Gasteiger partial charge on any atom is 0.143 e. The van der Waals surface area contributed by atoms with E-state index in [1.165, 1.54) is 5.56 Å². The summed E-state index contributed by atoms with van der Waals surface area (Å²) in [7, 11) is 0. The Morgan fingerprint density at radius 3 is 2.50 bits per heavy atom. The van der Waals surface area contributed by atoms with Crippen molar-refractivity contribution >= 4 is 17.2 Å². The number of rotatable bonds is 3. The second-order valence-electron chi connectivity index (χ2n) is 3.75. The zero-order valence-electron chi connectivity index (χ0n) is 9.57. The number of hydrogen-bond donors (Lipinski definition) is 2. The van der Waals surface area contributed by atoms with Crippen LogP contribution in [0.15, 0.2) is 30.5 Å². The lowest BCUT2D eigenvalue weighted by Gasteiger charge is -2.22. The van der Waals surface area contributed by atoms with Crippen LogP contribution in [0.1, 0.15) is 12.5 Å². The Bertz CT molecular complexity index is 458. The number of aryl methyl sites for hydroxylation is 1. The summed E-state index contributed by atoms with van der Waals surface area (Å²) in [6, 6.07) is 8.36. The van der Waals surface area contributed by atoms with Gasteiger partial charge in [-0.25, -0.2) is 0 Å². The Labute approximate surface area is 95.1 Å². The first-order chi connectivity index (χ1) is 7.72. The summed E-state index contributed by atoms with van der Waals surface area (Å²) >= 11 is 0. The highest BCUT2D eigenvalue weighted by Gasteiger charge is 2.11. The molecule has 0 saturated carbocycles. The van der Waals surface area contributed by atoms with E-state index in [2.05, 4.69) is 53.2 Å². The van der Waals surface area contributed by atoms with E-state index < -0.39 is 0 Å². The van der Waals surface area contributed by atoms with Crippen LogP contribution in [0.4, 0.5) is 17.2 Å². The number of nitrogens with one attached hydrogen (secondary N) is 1. The summed E-state index contributed by atoms with van der Waals surface area (Å²) in [4.78, 5) is 2.12. The lowest BCUT2D eigenvalue weighted by atomic mass is 10.2. The molecule has 2 rings (SSSR count). The van der Waals surface area contributed by atoms with Gasteiger partial charge in [0, 0.05) is 12.2 Å². The molecule has 3 N–H and O–H groups in total. The van der Waals surface area contributed by atoms with Gasteiger partial charge in [-0.2, -0.15) is 5.10 Å². The fourth-order valence-corrected chi connectivity index (χ4v) is 1.72. The van der Waals surface area contributed by atoms with Crippen molar-refractivity contribution in [2.24, 2.45) is 0 Å². The van der Waals surface area contributed by atoms with Crippen molar-refractivity contribution in [2.45, 2.75) is 13.8 Å². The number of aromatic amines is 1. The van der Waals surface area contributed by atoms with Gasteiger partial charge in [-0.15, -0.1) is 0 Å². The second-order valence-corrected chi connectivity index (χ2v) is 3.75. The van der Waals surface area contributed by atoms with Gasteiger partial charge in [0.2, 0.25) is 0 Å². The number of nitrogens with zero attached hydrogens (tertiary/aromatic N) is 2. The molecule has 2 aromatic rings. The molecule has 1 heterocycles. The molecular formula is C12H16N4. The van der Waals surface area contributed by atoms with Crippen LogP contribution in [-0.2, 0) is 0 Å². The average Bonchev–Trinajstić information content (AvgIpc) is 2.69. The number of anilines is 3. The minimum absolute atomic E-state index is 0.599. The molecule has 0 saturated heterocycles. The molecule has 0 aliphatic heterocycles. The van der Waals surface area contributed by atoms with Crippen molar-refractivity contribution in [2.75, 3.05) is 17.2 Å². The molecule has 0 fully saturated rings. The molecule has 0 atom stereocenters.